The molecule has 0 aliphatic carbocycles. The largest absolute Gasteiger partial charge is 0.357 e. The highest BCUT2D eigenvalue weighted by atomic mass is 16.2. The number of rotatable bonds is 3. The molecule has 1 aliphatic heterocycles. The molecule has 1 aromatic heterocycles. The lowest BCUT2D eigenvalue weighted by atomic mass is 10.1. The molecule has 0 spiro atoms. The molecule has 2 rings (SSSR count). The van der Waals surface area contributed by atoms with E-state index in [-0.39, 0.29) is 17.5 Å². The maximum Gasteiger partial charge on any atom is 0.274 e. The van der Waals surface area contributed by atoms with Crippen molar-refractivity contribution in [2.75, 3.05) is 26.7 Å². The zero-order chi connectivity index (χ0) is 15.4. The van der Waals surface area contributed by atoms with E-state index in [1.54, 1.807) is 11.9 Å². The van der Waals surface area contributed by atoms with Crippen molar-refractivity contribution in [1.29, 1.82) is 0 Å². The minimum absolute atomic E-state index is 0.155. The van der Waals surface area contributed by atoms with Gasteiger partial charge in [-0.3, -0.25) is 19.5 Å². The van der Waals surface area contributed by atoms with Crippen LogP contribution in [0, 0.1) is 0 Å². The zero-order valence-corrected chi connectivity index (χ0v) is 12.6. The first kappa shape index (κ1) is 15.4. The van der Waals surface area contributed by atoms with Crippen LogP contribution in [0.25, 0.3) is 0 Å². The smallest absolute Gasteiger partial charge is 0.274 e. The van der Waals surface area contributed by atoms with Crippen molar-refractivity contribution in [1.82, 2.24) is 25.1 Å². The SMILES string of the molecule is CNC(=O)[C@H]1CN(C(C)C)CCN1C(=O)c1cnccn1. The van der Waals surface area contributed by atoms with Gasteiger partial charge in [-0.25, -0.2) is 4.98 Å². The molecule has 1 saturated heterocycles. The highest BCUT2D eigenvalue weighted by Crippen LogP contribution is 2.15. The molecule has 0 aromatic carbocycles. The average molecular weight is 291 g/mol. The van der Waals surface area contributed by atoms with E-state index < -0.39 is 6.04 Å². The van der Waals surface area contributed by atoms with Gasteiger partial charge in [0.1, 0.15) is 11.7 Å². The standard InChI is InChI=1S/C14H21N5O2/c1-10(2)18-6-7-19(12(9-18)13(20)15-3)14(21)11-8-16-4-5-17-11/h4-5,8,10,12H,6-7,9H2,1-3H3,(H,15,20)/t12-/m1/s1. The molecule has 1 fully saturated rings. The van der Waals surface area contributed by atoms with Crippen LogP contribution in [-0.4, -0.2) is 70.3 Å². The van der Waals surface area contributed by atoms with Crippen LogP contribution >= 0.6 is 0 Å². The van der Waals surface area contributed by atoms with E-state index in [4.69, 9.17) is 0 Å². The normalized spacial score (nSPS) is 19.6. The predicted molar refractivity (Wildman–Crippen MR) is 77.6 cm³/mol. The van der Waals surface area contributed by atoms with E-state index in [0.29, 0.717) is 19.1 Å². The minimum Gasteiger partial charge on any atom is -0.357 e. The van der Waals surface area contributed by atoms with Gasteiger partial charge >= 0.3 is 0 Å². The Morgan fingerprint density at radius 1 is 1.33 bits per heavy atom. The number of nitrogens with zero attached hydrogens (tertiary/aromatic N) is 4. The summed E-state index contributed by atoms with van der Waals surface area (Å²) >= 11 is 0. The molecule has 0 unspecified atom stereocenters. The van der Waals surface area contributed by atoms with E-state index in [9.17, 15) is 9.59 Å². The second-order valence-corrected chi connectivity index (χ2v) is 5.31. The fraction of sp³-hybridized carbons (Fsp3) is 0.571. The van der Waals surface area contributed by atoms with Gasteiger partial charge in [0.2, 0.25) is 5.91 Å². The van der Waals surface area contributed by atoms with Crippen LogP contribution in [0.3, 0.4) is 0 Å². The molecule has 0 saturated carbocycles. The van der Waals surface area contributed by atoms with Crippen molar-refractivity contribution in [3.8, 4) is 0 Å². The average Bonchev–Trinajstić information content (AvgIpc) is 2.53. The lowest BCUT2D eigenvalue weighted by molar-refractivity contribution is -0.127. The molecule has 21 heavy (non-hydrogen) atoms. The predicted octanol–water partition coefficient (Wildman–Crippen LogP) is -0.243. The van der Waals surface area contributed by atoms with Crippen LogP contribution in [-0.2, 0) is 4.79 Å². The van der Waals surface area contributed by atoms with Crippen LogP contribution in [0.4, 0.5) is 0 Å². The van der Waals surface area contributed by atoms with Crippen LogP contribution in [0.5, 0.6) is 0 Å². The Kier molecular flexibility index (Phi) is 4.85. The van der Waals surface area contributed by atoms with Crippen molar-refractivity contribution in [3.05, 3.63) is 24.3 Å². The number of hydrogen-bond acceptors (Lipinski definition) is 5. The fourth-order valence-corrected chi connectivity index (χ4v) is 2.46. The topological polar surface area (TPSA) is 78.4 Å². The summed E-state index contributed by atoms with van der Waals surface area (Å²) in [6.07, 6.45) is 4.42. The van der Waals surface area contributed by atoms with Crippen molar-refractivity contribution in [2.24, 2.45) is 0 Å². The highest BCUT2D eigenvalue weighted by molar-refractivity contribution is 5.96. The van der Waals surface area contributed by atoms with Crippen molar-refractivity contribution in [2.45, 2.75) is 25.9 Å². The molecule has 1 aromatic rings. The van der Waals surface area contributed by atoms with Crippen molar-refractivity contribution < 1.29 is 9.59 Å². The first-order chi connectivity index (χ1) is 10.0. The Morgan fingerprint density at radius 2 is 2.10 bits per heavy atom. The Hall–Kier alpha value is -2.02. The van der Waals surface area contributed by atoms with Crippen LogP contribution in [0.15, 0.2) is 18.6 Å². The number of amides is 2. The highest BCUT2D eigenvalue weighted by Gasteiger charge is 2.36. The van der Waals surface area contributed by atoms with Gasteiger partial charge in [-0.1, -0.05) is 0 Å². The van der Waals surface area contributed by atoms with E-state index in [0.717, 1.165) is 6.54 Å². The maximum atomic E-state index is 12.5. The third-order valence-corrected chi connectivity index (χ3v) is 3.73. The summed E-state index contributed by atoms with van der Waals surface area (Å²) in [6.45, 7) is 5.95. The first-order valence-electron chi connectivity index (χ1n) is 7.07. The third kappa shape index (κ3) is 3.36. The van der Waals surface area contributed by atoms with E-state index in [1.165, 1.54) is 18.6 Å². The summed E-state index contributed by atoms with van der Waals surface area (Å²) in [7, 11) is 1.58. The lowest BCUT2D eigenvalue weighted by Crippen LogP contribution is -2.61. The Morgan fingerprint density at radius 3 is 2.67 bits per heavy atom. The molecule has 7 heteroatoms. The van der Waals surface area contributed by atoms with Gasteiger partial charge in [-0.15, -0.1) is 0 Å². The van der Waals surface area contributed by atoms with Gasteiger partial charge < -0.3 is 10.2 Å². The second kappa shape index (κ2) is 6.62. The molecular formula is C14H21N5O2. The van der Waals surface area contributed by atoms with Gasteiger partial charge in [0.15, 0.2) is 0 Å². The van der Waals surface area contributed by atoms with Crippen LogP contribution in [0.2, 0.25) is 0 Å². The molecule has 0 radical (unpaired) electrons. The van der Waals surface area contributed by atoms with Gasteiger partial charge in [0.05, 0.1) is 6.20 Å². The molecule has 114 valence electrons. The lowest BCUT2D eigenvalue weighted by Gasteiger charge is -2.41. The summed E-state index contributed by atoms with van der Waals surface area (Å²) in [5.41, 5.74) is 0.268. The summed E-state index contributed by atoms with van der Waals surface area (Å²) in [6, 6.07) is -0.161. The number of carbonyl (C=O) groups excluding carboxylic acids is 2. The maximum absolute atomic E-state index is 12.5. The Labute approximate surface area is 124 Å². The molecule has 1 N–H and O–H groups in total. The molecule has 1 atom stereocenters. The molecule has 0 bridgehead atoms. The van der Waals surface area contributed by atoms with Gasteiger partial charge in [0.25, 0.3) is 5.91 Å². The quantitative estimate of drug-likeness (QED) is 0.831. The van der Waals surface area contributed by atoms with Gasteiger partial charge in [0, 0.05) is 45.1 Å². The third-order valence-electron chi connectivity index (χ3n) is 3.73. The number of likely N-dealkylation sites (N-methyl/N-ethyl adjacent to an activating group) is 1. The Balaban J connectivity index is 2.21. The molecule has 2 heterocycles. The van der Waals surface area contributed by atoms with Crippen molar-refractivity contribution in [3.63, 3.8) is 0 Å². The monoisotopic (exact) mass is 291 g/mol. The number of carbonyl (C=O) groups is 2. The van der Waals surface area contributed by atoms with Crippen LogP contribution in [0.1, 0.15) is 24.3 Å². The number of piperazine rings is 1. The molecule has 2 amide bonds. The minimum atomic E-state index is -0.499. The van der Waals surface area contributed by atoms with E-state index in [1.807, 2.05) is 0 Å². The second-order valence-electron chi connectivity index (χ2n) is 5.31. The van der Waals surface area contributed by atoms with Crippen LogP contribution < -0.4 is 5.32 Å². The Bertz CT molecular complexity index is 505. The summed E-state index contributed by atoms with van der Waals surface area (Å²) in [5.74, 6) is -0.405. The molecule has 1 aliphatic rings. The summed E-state index contributed by atoms with van der Waals surface area (Å²) in [4.78, 5) is 36.4. The molecular weight excluding hydrogens is 270 g/mol. The van der Waals surface area contributed by atoms with E-state index >= 15 is 0 Å². The number of nitrogens with one attached hydrogen (secondary N) is 1. The number of hydrogen-bond donors (Lipinski definition) is 1. The van der Waals surface area contributed by atoms with Gasteiger partial charge in [-0.05, 0) is 13.8 Å². The first-order valence-corrected chi connectivity index (χ1v) is 7.07. The van der Waals surface area contributed by atoms with Gasteiger partial charge in [-0.2, -0.15) is 0 Å². The number of aromatic nitrogens is 2. The zero-order valence-electron chi connectivity index (χ0n) is 12.6. The summed E-state index contributed by atoms with van der Waals surface area (Å²) in [5, 5.41) is 2.63. The molecule has 7 nitrogen and oxygen atoms in total. The summed E-state index contributed by atoms with van der Waals surface area (Å²) < 4.78 is 0. The fourth-order valence-electron chi connectivity index (χ4n) is 2.46. The van der Waals surface area contributed by atoms with Crippen molar-refractivity contribution >= 4 is 11.8 Å². The van der Waals surface area contributed by atoms with E-state index in [2.05, 4.69) is 34.0 Å².